The van der Waals surface area contributed by atoms with Gasteiger partial charge in [-0.1, -0.05) is 0 Å². The number of amides is 1. The van der Waals surface area contributed by atoms with Gasteiger partial charge < -0.3 is 10.6 Å². The standard InChI is InChI=1S/C8H16N2O3S/c1-7(9)8(11)10-3-2-5-14(12,13)6-4-10/h7H,2-6,9H2,1H3. The summed E-state index contributed by atoms with van der Waals surface area (Å²) in [6.07, 6.45) is 0.515. The average molecular weight is 220 g/mol. The number of sulfone groups is 1. The molecule has 0 aromatic rings. The van der Waals surface area contributed by atoms with E-state index in [9.17, 15) is 13.2 Å². The Labute approximate surface area is 84.2 Å². The molecule has 0 aliphatic carbocycles. The van der Waals surface area contributed by atoms with E-state index < -0.39 is 15.9 Å². The van der Waals surface area contributed by atoms with E-state index in [1.54, 1.807) is 6.92 Å². The first-order chi connectivity index (χ1) is 6.42. The lowest BCUT2D eigenvalue weighted by molar-refractivity contribution is -0.131. The smallest absolute Gasteiger partial charge is 0.239 e. The van der Waals surface area contributed by atoms with Crippen LogP contribution in [0.25, 0.3) is 0 Å². The molecule has 0 aromatic carbocycles. The van der Waals surface area contributed by atoms with Gasteiger partial charge >= 0.3 is 0 Å². The molecule has 1 aliphatic heterocycles. The summed E-state index contributed by atoms with van der Waals surface area (Å²) >= 11 is 0. The summed E-state index contributed by atoms with van der Waals surface area (Å²) in [7, 11) is -2.95. The third-order valence-electron chi connectivity index (χ3n) is 2.26. The Balaban J connectivity index is 2.63. The van der Waals surface area contributed by atoms with E-state index in [1.807, 2.05) is 0 Å². The monoisotopic (exact) mass is 220 g/mol. The van der Waals surface area contributed by atoms with Crippen molar-refractivity contribution in [3.8, 4) is 0 Å². The largest absolute Gasteiger partial charge is 0.340 e. The lowest BCUT2D eigenvalue weighted by atomic mass is 10.3. The average Bonchev–Trinajstić information content (AvgIpc) is 2.25. The maximum absolute atomic E-state index is 11.5. The third-order valence-corrected chi connectivity index (χ3v) is 3.97. The van der Waals surface area contributed by atoms with Crippen molar-refractivity contribution >= 4 is 15.7 Å². The first-order valence-corrected chi connectivity index (χ1v) is 6.49. The Morgan fingerprint density at radius 2 is 2.00 bits per heavy atom. The molecule has 0 spiro atoms. The van der Waals surface area contributed by atoms with Crippen LogP contribution in [0.4, 0.5) is 0 Å². The Bertz CT molecular complexity index is 311. The van der Waals surface area contributed by atoms with Crippen molar-refractivity contribution < 1.29 is 13.2 Å². The highest BCUT2D eigenvalue weighted by Crippen LogP contribution is 2.05. The zero-order valence-electron chi connectivity index (χ0n) is 8.27. The summed E-state index contributed by atoms with van der Waals surface area (Å²) in [5.41, 5.74) is 5.44. The van der Waals surface area contributed by atoms with Crippen LogP contribution in [0, 0.1) is 0 Å². The van der Waals surface area contributed by atoms with E-state index in [0.717, 1.165) is 0 Å². The number of nitrogens with two attached hydrogens (primary N) is 1. The van der Waals surface area contributed by atoms with Gasteiger partial charge in [0.15, 0.2) is 9.84 Å². The number of carbonyl (C=O) groups is 1. The van der Waals surface area contributed by atoms with E-state index in [4.69, 9.17) is 5.73 Å². The Kier molecular flexibility index (Phi) is 3.49. The molecule has 1 fully saturated rings. The maximum Gasteiger partial charge on any atom is 0.239 e. The fraction of sp³-hybridized carbons (Fsp3) is 0.875. The number of nitrogens with zero attached hydrogens (tertiary/aromatic N) is 1. The summed E-state index contributed by atoms with van der Waals surface area (Å²) < 4.78 is 22.5. The molecule has 0 bridgehead atoms. The lowest BCUT2D eigenvalue weighted by Gasteiger charge is -2.21. The van der Waals surface area contributed by atoms with Crippen LogP contribution in [0.1, 0.15) is 13.3 Å². The van der Waals surface area contributed by atoms with Crippen LogP contribution in [-0.4, -0.2) is 49.9 Å². The van der Waals surface area contributed by atoms with Crippen LogP contribution < -0.4 is 5.73 Å². The van der Waals surface area contributed by atoms with Crippen molar-refractivity contribution in [2.45, 2.75) is 19.4 Å². The highest BCUT2D eigenvalue weighted by Gasteiger charge is 2.23. The second-order valence-corrected chi connectivity index (χ2v) is 5.92. The van der Waals surface area contributed by atoms with Crippen molar-refractivity contribution in [1.29, 1.82) is 0 Å². The number of rotatable bonds is 1. The summed E-state index contributed by atoms with van der Waals surface area (Å²) in [4.78, 5) is 13.0. The fourth-order valence-electron chi connectivity index (χ4n) is 1.45. The molecule has 0 aromatic heterocycles. The van der Waals surface area contributed by atoms with Gasteiger partial charge in [-0.2, -0.15) is 0 Å². The van der Waals surface area contributed by atoms with E-state index in [0.29, 0.717) is 13.0 Å². The second-order valence-electron chi connectivity index (χ2n) is 3.62. The zero-order chi connectivity index (χ0) is 10.8. The van der Waals surface area contributed by atoms with Crippen LogP contribution in [0.15, 0.2) is 0 Å². The molecular formula is C8H16N2O3S. The first-order valence-electron chi connectivity index (χ1n) is 4.67. The highest BCUT2D eigenvalue weighted by atomic mass is 32.2. The molecule has 6 heteroatoms. The predicted octanol–water partition coefficient (Wildman–Crippen LogP) is -1.02. The summed E-state index contributed by atoms with van der Waals surface area (Å²) in [5.74, 6) is 0.0726. The van der Waals surface area contributed by atoms with Gasteiger partial charge in [0.05, 0.1) is 17.5 Å². The molecule has 1 heterocycles. The molecule has 0 radical (unpaired) electrons. The fourth-order valence-corrected chi connectivity index (χ4v) is 2.72. The molecule has 2 N–H and O–H groups in total. The molecule has 82 valence electrons. The van der Waals surface area contributed by atoms with Crippen LogP contribution >= 0.6 is 0 Å². The molecule has 1 atom stereocenters. The molecule has 14 heavy (non-hydrogen) atoms. The topological polar surface area (TPSA) is 80.5 Å². The molecule has 1 aliphatic rings. The van der Waals surface area contributed by atoms with Gasteiger partial charge in [-0.25, -0.2) is 8.42 Å². The summed E-state index contributed by atoms with van der Waals surface area (Å²) in [6, 6.07) is -0.546. The van der Waals surface area contributed by atoms with Crippen molar-refractivity contribution in [2.24, 2.45) is 5.73 Å². The third kappa shape index (κ3) is 2.95. The Hall–Kier alpha value is -0.620. The van der Waals surface area contributed by atoms with Crippen LogP contribution in [0.5, 0.6) is 0 Å². The van der Waals surface area contributed by atoms with E-state index >= 15 is 0 Å². The minimum absolute atomic E-state index is 0.0610. The predicted molar refractivity (Wildman–Crippen MR) is 53.5 cm³/mol. The van der Waals surface area contributed by atoms with Gasteiger partial charge in [-0.05, 0) is 13.3 Å². The number of hydrogen-bond donors (Lipinski definition) is 1. The zero-order valence-corrected chi connectivity index (χ0v) is 9.09. The van der Waals surface area contributed by atoms with Gasteiger partial charge in [0.25, 0.3) is 0 Å². The van der Waals surface area contributed by atoms with E-state index in [2.05, 4.69) is 0 Å². The maximum atomic E-state index is 11.5. The van der Waals surface area contributed by atoms with Crippen molar-refractivity contribution in [1.82, 2.24) is 4.90 Å². The van der Waals surface area contributed by atoms with Crippen molar-refractivity contribution in [2.75, 3.05) is 24.6 Å². The summed E-state index contributed by atoms with van der Waals surface area (Å²) in [5, 5.41) is 0. The minimum Gasteiger partial charge on any atom is -0.340 e. The van der Waals surface area contributed by atoms with E-state index in [-0.39, 0.29) is 24.0 Å². The lowest BCUT2D eigenvalue weighted by Crippen LogP contribution is -2.43. The molecule has 5 nitrogen and oxygen atoms in total. The van der Waals surface area contributed by atoms with Gasteiger partial charge in [0.1, 0.15) is 0 Å². The minimum atomic E-state index is -2.95. The first kappa shape index (κ1) is 11.5. The van der Waals surface area contributed by atoms with Crippen LogP contribution in [-0.2, 0) is 14.6 Å². The van der Waals surface area contributed by atoms with Gasteiger partial charge in [0.2, 0.25) is 5.91 Å². The van der Waals surface area contributed by atoms with E-state index in [1.165, 1.54) is 4.90 Å². The van der Waals surface area contributed by atoms with Gasteiger partial charge in [-0.15, -0.1) is 0 Å². The summed E-state index contributed by atoms with van der Waals surface area (Å²) in [6.45, 7) is 2.39. The van der Waals surface area contributed by atoms with Gasteiger partial charge in [0, 0.05) is 13.1 Å². The quantitative estimate of drug-likeness (QED) is 0.613. The van der Waals surface area contributed by atoms with Crippen molar-refractivity contribution in [3.63, 3.8) is 0 Å². The number of hydrogen-bond acceptors (Lipinski definition) is 4. The molecule has 1 amide bonds. The molecule has 1 saturated heterocycles. The van der Waals surface area contributed by atoms with Crippen LogP contribution in [0.3, 0.4) is 0 Å². The molecule has 1 unspecified atom stereocenters. The normalized spacial score (nSPS) is 24.0. The van der Waals surface area contributed by atoms with Gasteiger partial charge in [-0.3, -0.25) is 4.79 Å². The molecule has 1 rings (SSSR count). The second kappa shape index (κ2) is 4.27. The molecule has 0 saturated carbocycles. The SMILES string of the molecule is CC(N)C(=O)N1CCCS(=O)(=O)CC1. The highest BCUT2D eigenvalue weighted by molar-refractivity contribution is 7.91. The Morgan fingerprint density at radius 1 is 1.36 bits per heavy atom. The molecular weight excluding hydrogens is 204 g/mol. The Morgan fingerprint density at radius 3 is 2.57 bits per heavy atom. The number of carbonyl (C=O) groups excluding carboxylic acids is 1. The van der Waals surface area contributed by atoms with Crippen molar-refractivity contribution in [3.05, 3.63) is 0 Å². The van der Waals surface area contributed by atoms with Crippen LogP contribution in [0.2, 0.25) is 0 Å².